The monoisotopic (exact) mass is 329 g/mol. The number of nitrogens with one attached hydrogen (secondary N) is 2. The van der Waals surface area contributed by atoms with Crippen molar-refractivity contribution in [1.29, 1.82) is 0 Å². The summed E-state index contributed by atoms with van der Waals surface area (Å²) in [5, 5.41) is 21.2. The van der Waals surface area contributed by atoms with Gasteiger partial charge in [0.2, 0.25) is 0 Å². The van der Waals surface area contributed by atoms with Gasteiger partial charge in [0.15, 0.2) is 5.69 Å². The Labute approximate surface area is 139 Å². The molecule has 0 saturated carbocycles. The van der Waals surface area contributed by atoms with E-state index in [9.17, 15) is 14.9 Å². The molecule has 1 saturated heterocycles. The first-order valence-electron chi connectivity index (χ1n) is 7.93. The van der Waals surface area contributed by atoms with Crippen LogP contribution in [0.15, 0.2) is 36.5 Å². The summed E-state index contributed by atoms with van der Waals surface area (Å²) in [4.78, 5) is 22.5. The van der Waals surface area contributed by atoms with Crippen LogP contribution in [0.25, 0.3) is 5.69 Å². The van der Waals surface area contributed by atoms with Crippen molar-refractivity contribution in [2.24, 2.45) is 5.92 Å². The topological polar surface area (TPSA) is 102 Å². The Kier molecular flexibility index (Phi) is 4.85. The van der Waals surface area contributed by atoms with Crippen LogP contribution in [0.3, 0.4) is 0 Å². The molecule has 24 heavy (non-hydrogen) atoms. The summed E-state index contributed by atoms with van der Waals surface area (Å²) in [5.74, 6) is 0.387. The van der Waals surface area contributed by atoms with Gasteiger partial charge in [-0.05, 0) is 44.0 Å². The average Bonchev–Trinajstić information content (AvgIpc) is 3.26. The van der Waals surface area contributed by atoms with Crippen molar-refractivity contribution >= 4 is 11.6 Å². The number of hydrogen-bond donors (Lipinski definition) is 2. The summed E-state index contributed by atoms with van der Waals surface area (Å²) in [6, 6.07) is 7.73. The van der Waals surface area contributed by atoms with Gasteiger partial charge in [-0.15, -0.1) is 0 Å². The second-order valence-corrected chi connectivity index (χ2v) is 5.83. The maximum Gasteiger partial charge on any atom is 0.271 e. The number of non-ortho nitro benzene ring substituents is 1. The van der Waals surface area contributed by atoms with Gasteiger partial charge in [-0.3, -0.25) is 14.9 Å². The number of nitro groups is 1. The highest BCUT2D eigenvalue weighted by Crippen LogP contribution is 2.16. The van der Waals surface area contributed by atoms with Crippen LogP contribution in [0.1, 0.15) is 23.3 Å². The lowest BCUT2D eigenvalue weighted by Crippen LogP contribution is -2.26. The molecule has 0 spiro atoms. The molecule has 0 bridgehead atoms. The maximum absolute atomic E-state index is 12.1. The lowest BCUT2D eigenvalue weighted by Gasteiger charge is -2.08. The SMILES string of the molecule is O=C(NCCC1CCNC1)c1ccn(-c2cccc([N+](=O)[O-])c2)n1. The number of carbonyl (C=O) groups excluding carboxylic acids is 1. The van der Waals surface area contributed by atoms with Gasteiger partial charge in [0, 0.05) is 24.9 Å². The Hall–Kier alpha value is -2.74. The maximum atomic E-state index is 12.1. The largest absolute Gasteiger partial charge is 0.351 e. The van der Waals surface area contributed by atoms with E-state index in [0.717, 1.165) is 25.9 Å². The Morgan fingerprint density at radius 3 is 3.08 bits per heavy atom. The van der Waals surface area contributed by atoms with Gasteiger partial charge < -0.3 is 10.6 Å². The molecule has 2 N–H and O–H groups in total. The van der Waals surface area contributed by atoms with Gasteiger partial charge in [0.1, 0.15) is 0 Å². The first kappa shape index (κ1) is 16.1. The van der Waals surface area contributed by atoms with E-state index in [1.807, 2.05) is 0 Å². The van der Waals surface area contributed by atoms with E-state index in [1.54, 1.807) is 24.4 Å². The predicted octanol–water partition coefficient (Wildman–Crippen LogP) is 1.51. The molecule has 1 aliphatic rings. The number of nitro benzene ring substituents is 1. The quantitative estimate of drug-likeness (QED) is 0.618. The predicted molar refractivity (Wildman–Crippen MR) is 88.1 cm³/mol. The molecule has 1 aliphatic heterocycles. The third kappa shape index (κ3) is 3.77. The van der Waals surface area contributed by atoms with Gasteiger partial charge in [0.25, 0.3) is 11.6 Å². The molecular weight excluding hydrogens is 310 g/mol. The van der Waals surface area contributed by atoms with Crippen LogP contribution < -0.4 is 10.6 Å². The normalized spacial score (nSPS) is 16.9. The lowest BCUT2D eigenvalue weighted by molar-refractivity contribution is -0.384. The molecule has 8 heteroatoms. The van der Waals surface area contributed by atoms with Gasteiger partial charge >= 0.3 is 0 Å². The number of amides is 1. The second kappa shape index (κ2) is 7.22. The molecule has 1 amide bonds. The molecule has 126 valence electrons. The van der Waals surface area contributed by atoms with Crippen LogP contribution in [0.4, 0.5) is 5.69 Å². The third-order valence-corrected chi connectivity index (χ3v) is 4.13. The molecule has 2 heterocycles. The molecule has 1 atom stereocenters. The minimum atomic E-state index is -0.460. The first-order chi connectivity index (χ1) is 11.6. The molecule has 1 unspecified atom stereocenters. The van der Waals surface area contributed by atoms with Gasteiger partial charge in [-0.25, -0.2) is 4.68 Å². The van der Waals surface area contributed by atoms with Gasteiger partial charge in [-0.1, -0.05) is 6.07 Å². The number of hydrogen-bond acceptors (Lipinski definition) is 5. The summed E-state index contributed by atoms with van der Waals surface area (Å²) < 4.78 is 1.46. The third-order valence-electron chi connectivity index (χ3n) is 4.13. The van der Waals surface area contributed by atoms with Crippen LogP contribution in [0, 0.1) is 16.0 Å². The Morgan fingerprint density at radius 2 is 2.33 bits per heavy atom. The number of aromatic nitrogens is 2. The molecule has 0 aliphatic carbocycles. The minimum Gasteiger partial charge on any atom is -0.351 e. The molecule has 3 rings (SSSR count). The Balaban J connectivity index is 1.61. The highest BCUT2D eigenvalue weighted by Gasteiger charge is 2.15. The number of nitrogens with zero attached hydrogens (tertiary/aromatic N) is 3. The summed E-state index contributed by atoms with van der Waals surface area (Å²) in [5.41, 5.74) is 0.825. The Bertz CT molecular complexity index is 737. The van der Waals surface area contributed by atoms with E-state index in [0.29, 0.717) is 23.8 Å². The average molecular weight is 329 g/mol. The summed E-state index contributed by atoms with van der Waals surface area (Å²) in [6.45, 7) is 2.68. The second-order valence-electron chi connectivity index (χ2n) is 5.83. The van der Waals surface area contributed by atoms with E-state index in [4.69, 9.17) is 0 Å². The van der Waals surface area contributed by atoms with Crippen molar-refractivity contribution in [2.75, 3.05) is 19.6 Å². The fourth-order valence-corrected chi connectivity index (χ4v) is 2.78. The molecule has 1 aromatic carbocycles. The number of rotatable bonds is 6. The smallest absolute Gasteiger partial charge is 0.271 e. The zero-order valence-electron chi connectivity index (χ0n) is 13.1. The first-order valence-corrected chi connectivity index (χ1v) is 7.93. The van der Waals surface area contributed by atoms with E-state index in [2.05, 4.69) is 15.7 Å². The summed E-state index contributed by atoms with van der Waals surface area (Å²) >= 11 is 0. The van der Waals surface area contributed by atoms with Crippen LogP contribution in [-0.4, -0.2) is 40.2 Å². The van der Waals surface area contributed by atoms with Crippen LogP contribution in [-0.2, 0) is 0 Å². The minimum absolute atomic E-state index is 0.0147. The number of carbonyl (C=O) groups is 1. The van der Waals surface area contributed by atoms with Crippen molar-refractivity contribution in [1.82, 2.24) is 20.4 Å². The highest BCUT2D eigenvalue weighted by molar-refractivity contribution is 5.92. The van der Waals surface area contributed by atoms with Crippen LogP contribution >= 0.6 is 0 Å². The molecule has 1 fully saturated rings. The Morgan fingerprint density at radius 1 is 1.46 bits per heavy atom. The van der Waals surface area contributed by atoms with Crippen molar-refractivity contribution in [3.8, 4) is 5.69 Å². The number of benzene rings is 1. The van der Waals surface area contributed by atoms with Gasteiger partial charge in [0.05, 0.1) is 10.6 Å². The van der Waals surface area contributed by atoms with E-state index >= 15 is 0 Å². The van der Waals surface area contributed by atoms with Crippen LogP contribution in [0.2, 0.25) is 0 Å². The molecule has 8 nitrogen and oxygen atoms in total. The fraction of sp³-hybridized carbons (Fsp3) is 0.375. The van der Waals surface area contributed by atoms with Gasteiger partial charge in [-0.2, -0.15) is 5.10 Å². The van der Waals surface area contributed by atoms with Crippen molar-refractivity contribution in [3.05, 3.63) is 52.3 Å². The molecule has 2 aromatic rings. The zero-order valence-corrected chi connectivity index (χ0v) is 13.1. The fourth-order valence-electron chi connectivity index (χ4n) is 2.78. The van der Waals surface area contributed by atoms with E-state index < -0.39 is 4.92 Å². The van der Waals surface area contributed by atoms with Crippen molar-refractivity contribution in [3.63, 3.8) is 0 Å². The van der Waals surface area contributed by atoms with E-state index in [1.165, 1.54) is 16.8 Å². The standard InChI is InChI=1S/C16H19N5O3/c22-16(18-8-5-12-4-7-17-11-12)15-6-9-20(19-15)13-2-1-3-14(10-13)21(23)24/h1-3,6,9-10,12,17H,4-5,7-8,11H2,(H,18,22). The molecular formula is C16H19N5O3. The molecule has 1 aromatic heterocycles. The summed E-state index contributed by atoms with van der Waals surface area (Å²) in [6.07, 6.45) is 3.72. The summed E-state index contributed by atoms with van der Waals surface area (Å²) in [7, 11) is 0. The van der Waals surface area contributed by atoms with Crippen LogP contribution in [0.5, 0.6) is 0 Å². The highest BCUT2D eigenvalue weighted by atomic mass is 16.6. The zero-order chi connectivity index (χ0) is 16.9. The van der Waals surface area contributed by atoms with Crippen molar-refractivity contribution < 1.29 is 9.72 Å². The molecule has 0 radical (unpaired) electrons. The van der Waals surface area contributed by atoms with E-state index in [-0.39, 0.29) is 11.6 Å². The lowest BCUT2D eigenvalue weighted by atomic mass is 10.1. The van der Waals surface area contributed by atoms with Crippen molar-refractivity contribution in [2.45, 2.75) is 12.8 Å².